The first-order chi connectivity index (χ1) is 12.9. The van der Waals surface area contributed by atoms with Crippen LogP contribution in [0.1, 0.15) is 47.4 Å². The third-order valence-corrected chi connectivity index (χ3v) is 5.08. The molecule has 1 saturated carbocycles. The predicted molar refractivity (Wildman–Crippen MR) is 107 cm³/mol. The van der Waals surface area contributed by atoms with Crippen LogP contribution >= 0.6 is 0 Å². The number of hydrogen-bond donors (Lipinski definition) is 2. The predicted octanol–water partition coefficient (Wildman–Crippen LogP) is 2.71. The number of hydrogen-bond acceptors (Lipinski definition) is 6. The van der Waals surface area contributed by atoms with Crippen LogP contribution in [-0.2, 0) is 0 Å². The van der Waals surface area contributed by atoms with Crippen molar-refractivity contribution in [2.45, 2.75) is 51.6 Å². The van der Waals surface area contributed by atoms with E-state index in [4.69, 9.17) is 0 Å². The first-order valence-electron chi connectivity index (χ1n) is 9.45. The van der Waals surface area contributed by atoms with Crippen molar-refractivity contribution >= 4 is 17.7 Å². The number of aryl methyl sites for hydroxylation is 1. The normalized spacial score (nSPS) is 19.4. The molecule has 2 N–H and O–H groups in total. The Hall–Kier alpha value is -2.70. The molecule has 0 atom stereocenters. The molecule has 2 heterocycles. The summed E-state index contributed by atoms with van der Waals surface area (Å²) in [6.45, 7) is 4.06. The molecule has 0 unspecified atom stereocenters. The van der Waals surface area contributed by atoms with Crippen LogP contribution in [0.4, 0.5) is 11.8 Å². The number of carbonyl (C=O) groups is 1. The lowest BCUT2D eigenvalue weighted by Crippen LogP contribution is -2.40. The van der Waals surface area contributed by atoms with E-state index in [2.05, 4.69) is 25.6 Å². The summed E-state index contributed by atoms with van der Waals surface area (Å²) < 4.78 is 0. The van der Waals surface area contributed by atoms with Crippen molar-refractivity contribution in [3.63, 3.8) is 0 Å². The third kappa shape index (κ3) is 4.72. The molecular weight excluding hydrogens is 340 g/mol. The molecule has 1 fully saturated rings. The van der Waals surface area contributed by atoms with Gasteiger partial charge in [0.2, 0.25) is 5.95 Å². The maximum Gasteiger partial charge on any atom is 0.270 e. The van der Waals surface area contributed by atoms with Gasteiger partial charge in [-0.15, -0.1) is 0 Å². The number of amides is 1. The maximum atomic E-state index is 12.2. The Balaban J connectivity index is 1.55. The quantitative estimate of drug-likeness (QED) is 0.844. The highest BCUT2D eigenvalue weighted by Gasteiger charge is 2.24. The minimum absolute atomic E-state index is 0.0971. The Morgan fingerprint density at radius 1 is 1.07 bits per heavy atom. The third-order valence-electron chi connectivity index (χ3n) is 5.08. The minimum Gasteiger partial charge on any atom is -0.362 e. The van der Waals surface area contributed by atoms with E-state index >= 15 is 0 Å². The van der Waals surface area contributed by atoms with Crippen molar-refractivity contribution < 1.29 is 4.79 Å². The van der Waals surface area contributed by atoms with Gasteiger partial charge in [-0.3, -0.25) is 9.78 Å². The topological polar surface area (TPSA) is 83.0 Å². The molecule has 7 heteroatoms. The maximum absolute atomic E-state index is 12.2. The molecule has 1 amide bonds. The van der Waals surface area contributed by atoms with Gasteiger partial charge in [-0.05, 0) is 51.7 Å². The van der Waals surface area contributed by atoms with E-state index in [1.807, 2.05) is 45.0 Å². The van der Waals surface area contributed by atoms with Crippen LogP contribution in [0.5, 0.6) is 0 Å². The number of aromatic nitrogens is 3. The molecule has 0 bridgehead atoms. The molecule has 2 aromatic heterocycles. The van der Waals surface area contributed by atoms with E-state index in [9.17, 15) is 4.79 Å². The summed E-state index contributed by atoms with van der Waals surface area (Å²) in [5.74, 6) is 1.53. The molecule has 1 aliphatic rings. The van der Waals surface area contributed by atoms with Crippen LogP contribution in [0, 0.1) is 13.8 Å². The van der Waals surface area contributed by atoms with E-state index < -0.39 is 0 Å². The minimum atomic E-state index is -0.0971. The molecule has 0 aromatic carbocycles. The van der Waals surface area contributed by atoms with Crippen LogP contribution < -0.4 is 15.5 Å². The van der Waals surface area contributed by atoms with E-state index in [0.29, 0.717) is 17.7 Å². The largest absolute Gasteiger partial charge is 0.362 e. The number of carbonyl (C=O) groups excluding carboxylic acids is 1. The summed E-state index contributed by atoms with van der Waals surface area (Å²) in [5.41, 5.74) is 2.57. The molecule has 144 valence electrons. The van der Waals surface area contributed by atoms with E-state index in [1.165, 1.54) is 0 Å². The van der Waals surface area contributed by atoms with Gasteiger partial charge in [-0.2, -0.15) is 4.98 Å². The van der Waals surface area contributed by atoms with Crippen molar-refractivity contribution in [3.05, 3.63) is 41.3 Å². The summed E-state index contributed by atoms with van der Waals surface area (Å²) >= 11 is 0. The fourth-order valence-corrected chi connectivity index (χ4v) is 3.43. The van der Waals surface area contributed by atoms with Gasteiger partial charge in [0.25, 0.3) is 5.91 Å². The van der Waals surface area contributed by atoms with Gasteiger partial charge in [-0.1, -0.05) is 6.07 Å². The van der Waals surface area contributed by atoms with Gasteiger partial charge < -0.3 is 15.5 Å². The monoisotopic (exact) mass is 368 g/mol. The number of nitrogens with one attached hydrogen (secondary N) is 2. The first-order valence-corrected chi connectivity index (χ1v) is 9.45. The Morgan fingerprint density at radius 2 is 1.78 bits per heavy atom. The lowest BCUT2D eigenvalue weighted by Gasteiger charge is -2.30. The highest BCUT2D eigenvalue weighted by atomic mass is 16.1. The van der Waals surface area contributed by atoms with Crippen LogP contribution in [0.15, 0.2) is 24.4 Å². The number of nitrogens with zero attached hydrogens (tertiary/aromatic N) is 4. The highest BCUT2D eigenvalue weighted by molar-refractivity contribution is 5.92. The zero-order chi connectivity index (χ0) is 19.4. The molecule has 27 heavy (non-hydrogen) atoms. The number of pyridine rings is 1. The SMILES string of the molecule is Cc1nc(NC2CCC(NC(=O)c3ccccn3)CC2)nc(N(C)C)c1C. The van der Waals surface area contributed by atoms with Crippen LogP contribution in [-0.4, -0.2) is 47.0 Å². The molecule has 3 rings (SSSR count). The Bertz CT molecular complexity index is 785. The Labute approximate surface area is 160 Å². The fourth-order valence-electron chi connectivity index (χ4n) is 3.43. The lowest BCUT2D eigenvalue weighted by molar-refractivity contribution is 0.0921. The van der Waals surface area contributed by atoms with Gasteiger partial charge in [-0.25, -0.2) is 4.98 Å². The second kappa shape index (κ2) is 8.33. The average molecular weight is 368 g/mol. The number of anilines is 2. The van der Waals surface area contributed by atoms with Crippen molar-refractivity contribution in [1.82, 2.24) is 20.3 Å². The highest BCUT2D eigenvalue weighted by Crippen LogP contribution is 2.24. The Kier molecular flexibility index (Phi) is 5.88. The van der Waals surface area contributed by atoms with Gasteiger partial charge >= 0.3 is 0 Å². The smallest absolute Gasteiger partial charge is 0.270 e. The second-order valence-electron chi connectivity index (χ2n) is 7.36. The molecule has 0 aliphatic heterocycles. The molecule has 2 aromatic rings. The number of rotatable bonds is 5. The molecular formula is C20H28N6O. The summed E-state index contributed by atoms with van der Waals surface area (Å²) in [4.78, 5) is 27.6. The van der Waals surface area contributed by atoms with Gasteiger partial charge in [0, 0.05) is 43.6 Å². The van der Waals surface area contributed by atoms with Crippen molar-refractivity contribution in [3.8, 4) is 0 Å². The van der Waals surface area contributed by atoms with Crippen LogP contribution in [0.3, 0.4) is 0 Å². The van der Waals surface area contributed by atoms with E-state index in [0.717, 1.165) is 42.8 Å². The van der Waals surface area contributed by atoms with Gasteiger partial charge in [0.1, 0.15) is 11.5 Å². The van der Waals surface area contributed by atoms with Crippen LogP contribution in [0.25, 0.3) is 0 Å². The van der Waals surface area contributed by atoms with Gasteiger partial charge in [0.15, 0.2) is 0 Å². The van der Waals surface area contributed by atoms with E-state index in [1.54, 1.807) is 12.3 Å². The first kappa shape index (κ1) is 19.1. The standard InChI is InChI=1S/C20H28N6O/c1-13-14(2)22-20(25-18(13)26(3)4)24-16-10-8-15(9-11-16)23-19(27)17-7-5-6-12-21-17/h5-7,12,15-16H,8-11H2,1-4H3,(H,23,27)(H,22,24,25). The van der Waals surface area contributed by atoms with Crippen molar-refractivity contribution in [1.29, 1.82) is 0 Å². The fraction of sp³-hybridized carbons (Fsp3) is 0.500. The molecule has 0 spiro atoms. The average Bonchev–Trinajstić information content (AvgIpc) is 2.66. The molecule has 1 aliphatic carbocycles. The Morgan fingerprint density at radius 3 is 2.41 bits per heavy atom. The lowest BCUT2D eigenvalue weighted by atomic mass is 9.91. The zero-order valence-electron chi connectivity index (χ0n) is 16.5. The zero-order valence-corrected chi connectivity index (χ0v) is 16.5. The summed E-state index contributed by atoms with van der Waals surface area (Å²) in [6.07, 6.45) is 5.45. The molecule has 0 radical (unpaired) electrons. The van der Waals surface area contributed by atoms with E-state index in [-0.39, 0.29) is 11.9 Å². The van der Waals surface area contributed by atoms with Gasteiger partial charge in [0.05, 0.1) is 0 Å². The van der Waals surface area contributed by atoms with Crippen molar-refractivity contribution in [2.75, 3.05) is 24.3 Å². The summed E-state index contributed by atoms with van der Waals surface area (Å²) in [7, 11) is 3.99. The summed E-state index contributed by atoms with van der Waals surface area (Å²) in [5, 5.41) is 6.57. The second-order valence-corrected chi connectivity index (χ2v) is 7.36. The van der Waals surface area contributed by atoms with Crippen molar-refractivity contribution in [2.24, 2.45) is 0 Å². The molecule has 0 saturated heterocycles. The molecule has 7 nitrogen and oxygen atoms in total. The van der Waals surface area contributed by atoms with Crippen LogP contribution in [0.2, 0.25) is 0 Å². The summed E-state index contributed by atoms with van der Waals surface area (Å²) in [6, 6.07) is 5.89.